The lowest BCUT2D eigenvalue weighted by atomic mass is 10.2. The van der Waals surface area contributed by atoms with Gasteiger partial charge in [-0.15, -0.1) is 35.7 Å². The maximum absolute atomic E-state index is 5.26. The number of aliphatic imine (C=N–C) groups is 1. The van der Waals surface area contributed by atoms with Gasteiger partial charge in [-0.2, -0.15) is 4.98 Å². The molecule has 1 heterocycles. The third kappa shape index (κ3) is 9.46. The van der Waals surface area contributed by atoms with Gasteiger partial charge in [0.1, 0.15) is 0 Å². The Labute approximate surface area is 183 Å². The Hall–Kier alpha value is -1.29. The first-order valence-corrected chi connectivity index (χ1v) is 10.2. The summed E-state index contributed by atoms with van der Waals surface area (Å²) in [5.41, 5.74) is 0. The van der Waals surface area contributed by atoms with Crippen molar-refractivity contribution in [2.24, 2.45) is 4.99 Å². The second kappa shape index (κ2) is 13.8. The molecule has 1 aromatic heterocycles. The number of guanidine groups is 1. The number of benzene rings is 1. The van der Waals surface area contributed by atoms with Crippen molar-refractivity contribution >= 4 is 41.7 Å². The van der Waals surface area contributed by atoms with E-state index in [4.69, 9.17) is 4.52 Å². The molecule has 1 aromatic carbocycles. The molecule has 27 heavy (non-hydrogen) atoms. The van der Waals surface area contributed by atoms with Crippen molar-refractivity contribution in [3.8, 4) is 0 Å². The summed E-state index contributed by atoms with van der Waals surface area (Å²) in [6.07, 6.45) is 1.64. The molecule has 6 nitrogen and oxygen atoms in total. The van der Waals surface area contributed by atoms with Gasteiger partial charge < -0.3 is 15.2 Å². The molecule has 0 atom stereocenters. The summed E-state index contributed by atoms with van der Waals surface area (Å²) in [4.78, 5) is 10.3. The number of halogens is 1. The number of aromatic nitrogens is 2. The van der Waals surface area contributed by atoms with Crippen molar-refractivity contribution in [3.05, 3.63) is 42.0 Å². The van der Waals surface area contributed by atoms with Crippen LogP contribution in [0.4, 0.5) is 0 Å². The molecular weight excluding hydrogens is 473 g/mol. The molecule has 0 spiro atoms. The van der Waals surface area contributed by atoms with E-state index in [2.05, 4.69) is 70.8 Å². The fourth-order valence-corrected chi connectivity index (χ4v) is 3.01. The van der Waals surface area contributed by atoms with Gasteiger partial charge in [-0.25, -0.2) is 0 Å². The van der Waals surface area contributed by atoms with Crippen molar-refractivity contribution in [1.29, 1.82) is 0 Å². The molecule has 2 N–H and O–H groups in total. The quantitative estimate of drug-likeness (QED) is 0.167. The van der Waals surface area contributed by atoms with Gasteiger partial charge in [0, 0.05) is 42.6 Å². The summed E-state index contributed by atoms with van der Waals surface area (Å²) in [6, 6.07) is 10.4. The van der Waals surface area contributed by atoms with Gasteiger partial charge in [0.2, 0.25) is 5.89 Å². The lowest BCUT2D eigenvalue weighted by Gasteiger charge is -2.11. The molecular formula is C19H30IN5OS. The molecule has 8 heteroatoms. The predicted molar refractivity (Wildman–Crippen MR) is 123 cm³/mol. The van der Waals surface area contributed by atoms with Crippen molar-refractivity contribution in [2.75, 3.05) is 25.4 Å². The second-order valence-electron chi connectivity index (χ2n) is 6.15. The van der Waals surface area contributed by atoms with Gasteiger partial charge in [0.15, 0.2) is 11.8 Å². The summed E-state index contributed by atoms with van der Waals surface area (Å²) in [5, 5.41) is 10.6. The minimum absolute atomic E-state index is 0. The van der Waals surface area contributed by atoms with Gasteiger partial charge in [-0.3, -0.25) is 4.99 Å². The van der Waals surface area contributed by atoms with Crippen molar-refractivity contribution < 1.29 is 4.52 Å². The Kier molecular flexibility index (Phi) is 12.2. The molecule has 2 rings (SSSR count). The van der Waals surface area contributed by atoms with Gasteiger partial charge in [-0.1, -0.05) is 37.2 Å². The minimum atomic E-state index is 0. The van der Waals surface area contributed by atoms with E-state index in [0.29, 0.717) is 11.8 Å². The van der Waals surface area contributed by atoms with Crippen LogP contribution in [0.2, 0.25) is 0 Å². The Morgan fingerprint density at radius 2 is 2.00 bits per heavy atom. The van der Waals surface area contributed by atoms with E-state index < -0.39 is 0 Å². The maximum atomic E-state index is 5.26. The van der Waals surface area contributed by atoms with Gasteiger partial charge >= 0.3 is 0 Å². The van der Waals surface area contributed by atoms with Gasteiger partial charge in [0.25, 0.3) is 0 Å². The first kappa shape index (κ1) is 23.7. The molecule has 0 aliphatic heterocycles. The number of hydrogen-bond donors (Lipinski definition) is 2. The summed E-state index contributed by atoms with van der Waals surface area (Å²) in [7, 11) is 0. The minimum Gasteiger partial charge on any atom is -0.357 e. The fourth-order valence-electron chi connectivity index (χ4n) is 2.22. The fraction of sp³-hybridized carbons (Fsp3) is 0.526. The molecule has 0 bridgehead atoms. The summed E-state index contributed by atoms with van der Waals surface area (Å²) in [6.45, 7) is 8.63. The third-order valence-corrected chi connectivity index (χ3v) is 4.58. The summed E-state index contributed by atoms with van der Waals surface area (Å²) in [5.74, 6) is 3.61. The molecule has 0 unspecified atom stereocenters. The normalized spacial score (nSPS) is 11.3. The average molecular weight is 503 g/mol. The van der Waals surface area contributed by atoms with Crippen molar-refractivity contribution in [1.82, 2.24) is 20.8 Å². The Morgan fingerprint density at radius 1 is 1.22 bits per heavy atom. The highest BCUT2D eigenvalue weighted by Crippen LogP contribution is 2.15. The smallest absolute Gasteiger partial charge is 0.226 e. The lowest BCUT2D eigenvalue weighted by Crippen LogP contribution is -2.38. The zero-order chi connectivity index (χ0) is 18.6. The monoisotopic (exact) mass is 503 g/mol. The lowest BCUT2D eigenvalue weighted by molar-refractivity contribution is 0.369. The van der Waals surface area contributed by atoms with Crippen LogP contribution in [0.5, 0.6) is 0 Å². The molecule has 150 valence electrons. The molecule has 0 amide bonds. The van der Waals surface area contributed by atoms with E-state index >= 15 is 0 Å². The first-order valence-electron chi connectivity index (χ1n) is 9.21. The van der Waals surface area contributed by atoms with E-state index in [1.165, 1.54) is 4.90 Å². The van der Waals surface area contributed by atoms with Gasteiger partial charge in [-0.05, 0) is 25.5 Å². The SMILES string of the molecule is CCNC(=NCCCc1nc(C(C)C)no1)NCCSc1ccccc1.I. The van der Waals surface area contributed by atoms with Crippen LogP contribution in [-0.4, -0.2) is 41.5 Å². The van der Waals surface area contributed by atoms with E-state index in [0.717, 1.165) is 50.0 Å². The van der Waals surface area contributed by atoms with E-state index in [-0.39, 0.29) is 24.0 Å². The number of hydrogen-bond acceptors (Lipinski definition) is 5. The van der Waals surface area contributed by atoms with E-state index in [1.807, 2.05) is 17.8 Å². The number of rotatable bonds is 10. The summed E-state index contributed by atoms with van der Waals surface area (Å²) >= 11 is 1.84. The highest BCUT2D eigenvalue weighted by Gasteiger charge is 2.08. The first-order chi connectivity index (χ1) is 12.7. The Bertz CT molecular complexity index is 663. The summed E-state index contributed by atoms with van der Waals surface area (Å²) < 4.78 is 5.26. The van der Waals surface area contributed by atoms with Crippen LogP contribution in [0.3, 0.4) is 0 Å². The zero-order valence-electron chi connectivity index (χ0n) is 16.3. The van der Waals surface area contributed by atoms with Crippen LogP contribution in [0.1, 0.15) is 44.8 Å². The van der Waals surface area contributed by atoms with Gasteiger partial charge in [0.05, 0.1) is 0 Å². The zero-order valence-corrected chi connectivity index (χ0v) is 19.4. The van der Waals surface area contributed by atoms with Crippen LogP contribution in [0.15, 0.2) is 44.7 Å². The Balaban J connectivity index is 0.00000364. The van der Waals surface area contributed by atoms with E-state index in [1.54, 1.807) is 0 Å². The third-order valence-electron chi connectivity index (χ3n) is 3.57. The van der Waals surface area contributed by atoms with Crippen molar-refractivity contribution in [2.45, 2.75) is 44.4 Å². The largest absolute Gasteiger partial charge is 0.357 e. The van der Waals surface area contributed by atoms with Crippen molar-refractivity contribution in [3.63, 3.8) is 0 Å². The number of thioether (sulfide) groups is 1. The van der Waals surface area contributed by atoms with Crippen LogP contribution in [-0.2, 0) is 6.42 Å². The molecule has 0 aliphatic rings. The maximum Gasteiger partial charge on any atom is 0.226 e. The highest BCUT2D eigenvalue weighted by molar-refractivity contribution is 14.0. The molecule has 0 aliphatic carbocycles. The predicted octanol–water partition coefficient (Wildman–Crippen LogP) is 4.09. The van der Waals surface area contributed by atoms with Crippen LogP contribution in [0, 0.1) is 0 Å². The molecule has 0 radical (unpaired) electrons. The highest BCUT2D eigenvalue weighted by atomic mass is 127. The van der Waals surface area contributed by atoms with E-state index in [9.17, 15) is 0 Å². The standard InChI is InChI=1S/C19H29N5OS.HI/c1-4-20-19(22-13-14-26-16-9-6-5-7-10-16)21-12-8-11-17-23-18(15(2)3)24-25-17;/h5-7,9-10,15H,4,8,11-14H2,1-3H3,(H2,20,21,22);1H. The number of nitrogens with one attached hydrogen (secondary N) is 2. The van der Waals surface area contributed by atoms with Crippen LogP contribution in [0.25, 0.3) is 0 Å². The van der Waals surface area contributed by atoms with Crippen LogP contribution < -0.4 is 10.6 Å². The number of nitrogens with zero attached hydrogens (tertiary/aromatic N) is 3. The second-order valence-corrected chi connectivity index (χ2v) is 7.32. The van der Waals surface area contributed by atoms with Crippen LogP contribution >= 0.6 is 35.7 Å². The average Bonchev–Trinajstić information content (AvgIpc) is 3.12. The molecule has 2 aromatic rings. The molecule has 0 saturated heterocycles. The molecule has 0 saturated carbocycles. The number of aryl methyl sites for hydroxylation is 1. The Morgan fingerprint density at radius 3 is 2.67 bits per heavy atom. The topological polar surface area (TPSA) is 75.3 Å². The molecule has 0 fully saturated rings.